The summed E-state index contributed by atoms with van der Waals surface area (Å²) in [7, 11) is 0. The summed E-state index contributed by atoms with van der Waals surface area (Å²) in [4.78, 5) is 24.9. The maximum Gasteiger partial charge on any atom is 0.230 e. The molecular formula is C27H29N7O2S2. The van der Waals surface area contributed by atoms with Gasteiger partial charge >= 0.3 is 0 Å². The van der Waals surface area contributed by atoms with Crippen LogP contribution < -0.4 is 16.4 Å². The molecule has 0 radical (unpaired) electrons. The van der Waals surface area contributed by atoms with Crippen LogP contribution in [0.25, 0.3) is 0 Å². The second kappa shape index (κ2) is 11.8. The molecule has 2 amide bonds. The quantitative estimate of drug-likeness (QED) is 0.262. The number of amides is 2. The van der Waals surface area contributed by atoms with Crippen LogP contribution in [0.4, 0.5) is 16.0 Å². The largest absolute Gasteiger partial charge is 0.399 e. The number of anilines is 3. The van der Waals surface area contributed by atoms with Gasteiger partial charge < -0.3 is 16.4 Å². The summed E-state index contributed by atoms with van der Waals surface area (Å²) in [6, 6.07) is 15.2. The fraction of sp³-hybridized carbons (Fsp3) is 0.333. The highest BCUT2D eigenvalue weighted by atomic mass is 32.1. The number of nitrogen functional groups attached to an aromatic ring is 1. The van der Waals surface area contributed by atoms with E-state index < -0.39 is 0 Å². The first kappa shape index (κ1) is 25.9. The molecule has 1 saturated carbocycles. The second-order valence-corrected chi connectivity index (χ2v) is 11.7. The van der Waals surface area contributed by atoms with E-state index in [0.717, 1.165) is 52.4 Å². The molecule has 0 spiro atoms. The predicted octanol–water partition coefficient (Wildman–Crippen LogP) is 5.08. The molecule has 4 N–H and O–H groups in total. The molecule has 1 aliphatic carbocycles. The van der Waals surface area contributed by atoms with Crippen molar-refractivity contribution in [3.63, 3.8) is 0 Å². The van der Waals surface area contributed by atoms with E-state index in [9.17, 15) is 9.59 Å². The van der Waals surface area contributed by atoms with Gasteiger partial charge in [-0.15, -0.1) is 20.4 Å². The minimum absolute atomic E-state index is 0.0982. The van der Waals surface area contributed by atoms with Crippen LogP contribution in [0.15, 0.2) is 48.5 Å². The van der Waals surface area contributed by atoms with Crippen molar-refractivity contribution in [3.8, 4) is 0 Å². The van der Waals surface area contributed by atoms with Crippen molar-refractivity contribution in [2.75, 3.05) is 16.4 Å². The van der Waals surface area contributed by atoms with Gasteiger partial charge in [0, 0.05) is 17.5 Å². The van der Waals surface area contributed by atoms with E-state index in [1.807, 2.05) is 43.3 Å². The monoisotopic (exact) mass is 547 g/mol. The molecule has 196 valence electrons. The summed E-state index contributed by atoms with van der Waals surface area (Å²) in [5.41, 5.74) is 9.39. The molecule has 11 heteroatoms. The van der Waals surface area contributed by atoms with Crippen LogP contribution in [0, 0.1) is 6.92 Å². The molecule has 2 atom stereocenters. The number of nitrogens with two attached hydrogens (primary N) is 1. The van der Waals surface area contributed by atoms with Gasteiger partial charge in [-0.25, -0.2) is 0 Å². The van der Waals surface area contributed by atoms with Crippen LogP contribution in [0.5, 0.6) is 0 Å². The Hall–Kier alpha value is -3.70. The summed E-state index contributed by atoms with van der Waals surface area (Å²) in [6.07, 6.45) is 4.49. The van der Waals surface area contributed by atoms with Crippen molar-refractivity contribution < 1.29 is 9.59 Å². The number of benzene rings is 2. The molecule has 38 heavy (non-hydrogen) atoms. The summed E-state index contributed by atoms with van der Waals surface area (Å²) in [5.74, 6) is 0.248. The van der Waals surface area contributed by atoms with Crippen LogP contribution in [0.1, 0.15) is 64.2 Å². The van der Waals surface area contributed by atoms with Crippen molar-refractivity contribution in [1.82, 2.24) is 20.4 Å². The average molecular weight is 548 g/mol. The third-order valence-corrected chi connectivity index (χ3v) is 8.51. The highest BCUT2D eigenvalue weighted by Crippen LogP contribution is 2.43. The predicted molar refractivity (Wildman–Crippen MR) is 150 cm³/mol. The Morgan fingerprint density at radius 3 is 1.95 bits per heavy atom. The molecule has 0 aliphatic heterocycles. The molecule has 2 aromatic carbocycles. The summed E-state index contributed by atoms with van der Waals surface area (Å²) in [6.45, 7) is 2.01. The summed E-state index contributed by atoms with van der Waals surface area (Å²) >= 11 is 2.87. The highest BCUT2D eigenvalue weighted by molar-refractivity contribution is 7.15. The first-order valence-corrected chi connectivity index (χ1v) is 14.2. The normalized spacial score (nSPS) is 17.2. The van der Waals surface area contributed by atoms with E-state index in [1.54, 1.807) is 12.1 Å². The van der Waals surface area contributed by atoms with Crippen molar-refractivity contribution in [2.24, 2.45) is 0 Å². The Morgan fingerprint density at radius 2 is 1.39 bits per heavy atom. The lowest BCUT2D eigenvalue weighted by Gasteiger charge is -2.25. The van der Waals surface area contributed by atoms with Gasteiger partial charge in [0.2, 0.25) is 22.1 Å². The van der Waals surface area contributed by atoms with Crippen LogP contribution in [0.3, 0.4) is 0 Å². The van der Waals surface area contributed by atoms with Gasteiger partial charge in [-0.2, -0.15) is 0 Å². The molecule has 1 aliphatic rings. The molecule has 0 unspecified atom stereocenters. The highest BCUT2D eigenvalue weighted by Gasteiger charge is 2.29. The standard InChI is InChI=1S/C27H29N7O2S2/c1-16-5-2-6-17(11-16)13-22(35)29-26-33-31-24(37-26)19-8-4-9-20(15-19)25-32-34-27(38-25)30-23(36)14-18-7-3-10-21(28)12-18/h2-3,5-7,10-12,19-20H,4,8-9,13-15,28H2,1H3,(H,29,33,35)(H,30,34,36)/t19-,20-/m0/s1. The number of nitrogens with zero attached hydrogens (tertiary/aromatic N) is 4. The van der Waals surface area contributed by atoms with Crippen LogP contribution >= 0.6 is 22.7 Å². The Morgan fingerprint density at radius 1 is 0.842 bits per heavy atom. The summed E-state index contributed by atoms with van der Waals surface area (Å²) in [5, 5.41) is 25.8. The van der Waals surface area contributed by atoms with Gasteiger partial charge in [0.25, 0.3) is 0 Å². The number of rotatable bonds is 8. The minimum Gasteiger partial charge on any atom is -0.399 e. The van der Waals surface area contributed by atoms with Gasteiger partial charge in [0.15, 0.2) is 0 Å². The molecule has 2 heterocycles. The third kappa shape index (κ3) is 6.78. The number of hydrogen-bond acceptors (Lipinski definition) is 9. The van der Waals surface area contributed by atoms with E-state index in [2.05, 4.69) is 31.0 Å². The fourth-order valence-corrected chi connectivity index (χ4v) is 6.58. The molecular weight excluding hydrogens is 518 g/mol. The zero-order valence-electron chi connectivity index (χ0n) is 21.0. The molecule has 0 saturated heterocycles. The van der Waals surface area contributed by atoms with Crippen LogP contribution in [-0.4, -0.2) is 32.2 Å². The number of aryl methyl sites for hydroxylation is 1. The molecule has 4 aromatic rings. The number of aromatic nitrogens is 4. The maximum absolute atomic E-state index is 12.5. The van der Waals surface area contributed by atoms with Crippen molar-refractivity contribution in [1.29, 1.82) is 0 Å². The van der Waals surface area contributed by atoms with Crippen LogP contribution in [0.2, 0.25) is 0 Å². The molecule has 5 rings (SSSR count). The first-order valence-electron chi connectivity index (χ1n) is 12.6. The minimum atomic E-state index is -0.148. The molecule has 2 aromatic heterocycles. The summed E-state index contributed by atoms with van der Waals surface area (Å²) < 4.78 is 0. The molecule has 1 fully saturated rings. The molecule has 0 bridgehead atoms. The lowest BCUT2D eigenvalue weighted by Crippen LogP contribution is -2.14. The third-order valence-electron chi connectivity index (χ3n) is 6.51. The van der Waals surface area contributed by atoms with Gasteiger partial charge in [-0.1, -0.05) is 71.1 Å². The lowest BCUT2D eigenvalue weighted by atomic mass is 9.82. The molecule has 9 nitrogen and oxygen atoms in total. The van der Waals surface area contributed by atoms with Gasteiger partial charge in [0.05, 0.1) is 12.8 Å². The van der Waals surface area contributed by atoms with Gasteiger partial charge in [0.1, 0.15) is 10.0 Å². The van der Waals surface area contributed by atoms with E-state index >= 15 is 0 Å². The van der Waals surface area contributed by atoms with E-state index in [0.29, 0.717) is 22.4 Å². The van der Waals surface area contributed by atoms with Gasteiger partial charge in [-0.3, -0.25) is 9.59 Å². The van der Waals surface area contributed by atoms with E-state index in [-0.39, 0.29) is 30.1 Å². The number of hydrogen-bond donors (Lipinski definition) is 3. The Kier molecular flexibility index (Phi) is 8.04. The SMILES string of the molecule is Cc1cccc(CC(=O)Nc2nnc([C@H]3CCC[C@H](c4nnc(NC(=O)Cc5cccc(N)c5)s4)C3)s2)c1. The van der Waals surface area contributed by atoms with E-state index in [1.165, 1.54) is 22.7 Å². The van der Waals surface area contributed by atoms with Crippen molar-refractivity contribution in [3.05, 3.63) is 75.2 Å². The lowest BCUT2D eigenvalue weighted by molar-refractivity contribution is -0.116. The van der Waals surface area contributed by atoms with E-state index in [4.69, 9.17) is 5.73 Å². The average Bonchev–Trinajstić information content (AvgIpc) is 3.54. The smallest absolute Gasteiger partial charge is 0.230 e. The Labute approximate surface area is 228 Å². The maximum atomic E-state index is 12.5. The van der Waals surface area contributed by atoms with Crippen molar-refractivity contribution >= 4 is 50.4 Å². The van der Waals surface area contributed by atoms with Crippen LogP contribution in [-0.2, 0) is 22.4 Å². The second-order valence-electron chi connectivity index (χ2n) is 9.64. The fourth-order valence-electron chi connectivity index (χ4n) is 4.76. The zero-order valence-corrected chi connectivity index (χ0v) is 22.6. The Bertz CT molecular complexity index is 1330. The topological polar surface area (TPSA) is 136 Å². The Balaban J connectivity index is 1.15. The number of carbonyl (C=O) groups is 2. The van der Waals surface area contributed by atoms with Gasteiger partial charge in [-0.05, 0) is 49.4 Å². The number of carbonyl (C=O) groups excluding carboxylic acids is 2. The van der Waals surface area contributed by atoms with Crippen molar-refractivity contribution in [2.45, 2.75) is 57.3 Å². The number of nitrogens with one attached hydrogen (secondary N) is 2. The zero-order chi connectivity index (χ0) is 26.5. The first-order chi connectivity index (χ1) is 18.4.